The maximum atomic E-state index is 13.3. The number of benzene rings is 1. The molecule has 1 aromatic carbocycles. The minimum atomic E-state index is -2.97. The van der Waals surface area contributed by atoms with Gasteiger partial charge in [-0.25, -0.2) is 0 Å². The summed E-state index contributed by atoms with van der Waals surface area (Å²) in [4.78, 5) is 38.6. The van der Waals surface area contributed by atoms with E-state index in [-0.39, 0.29) is 17.7 Å². The van der Waals surface area contributed by atoms with E-state index >= 15 is 0 Å². The highest BCUT2D eigenvalue weighted by Gasteiger charge is 2.70. The van der Waals surface area contributed by atoms with Crippen molar-refractivity contribution >= 4 is 17.5 Å². The Morgan fingerprint density at radius 1 is 1.15 bits per heavy atom. The van der Waals surface area contributed by atoms with Crippen molar-refractivity contribution in [2.24, 2.45) is 23.5 Å². The Balaban J connectivity index is 2.05. The molecule has 0 saturated heterocycles. The lowest BCUT2D eigenvalue weighted by molar-refractivity contribution is -0.194. The molecular formula is C22H26N2O9. The zero-order valence-corrected chi connectivity index (χ0v) is 17.9. The molecule has 33 heavy (non-hydrogen) atoms. The number of hydrogen-bond donors (Lipinski definition) is 8. The highest BCUT2D eigenvalue weighted by Crippen LogP contribution is 2.56. The molecule has 0 radical (unpaired) electrons. The van der Waals surface area contributed by atoms with Crippen LogP contribution in [0.2, 0.25) is 0 Å². The van der Waals surface area contributed by atoms with E-state index < -0.39 is 81.8 Å². The van der Waals surface area contributed by atoms with E-state index in [2.05, 4.69) is 5.32 Å². The van der Waals surface area contributed by atoms with Crippen molar-refractivity contribution in [3.8, 4) is 5.75 Å². The van der Waals surface area contributed by atoms with Crippen LogP contribution in [-0.2, 0) is 15.2 Å². The number of Topliss-reactive ketones (excluding diaryl/α,β-unsaturated/α-hetero) is 2. The van der Waals surface area contributed by atoms with Crippen LogP contribution in [0.5, 0.6) is 5.75 Å². The standard InChI is InChI=1S/C22H26N2O9/c1-3-24-14-13-17(28)12-10(15(26)9-7(21(12,2)32)5-4-6-8(9)25)18(29)22(13,33)19(30)11(16(14)27)20(23)31/h4-6,11-14,16-17,24-25,27-29,32-33H,3H2,1-2H3,(H2,23,31). The van der Waals surface area contributed by atoms with E-state index in [9.17, 15) is 45.0 Å². The quantitative estimate of drug-likeness (QED) is 0.231. The smallest absolute Gasteiger partial charge is 0.230 e. The lowest BCUT2D eigenvalue weighted by Gasteiger charge is -2.56. The van der Waals surface area contributed by atoms with Crippen LogP contribution in [0, 0.1) is 17.8 Å². The summed E-state index contributed by atoms with van der Waals surface area (Å²) in [6.45, 7) is 3.07. The third-order valence-electron chi connectivity index (χ3n) is 7.28. The van der Waals surface area contributed by atoms with Crippen LogP contribution in [0.3, 0.4) is 0 Å². The molecular weight excluding hydrogens is 436 g/mol. The third kappa shape index (κ3) is 2.77. The van der Waals surface area contributed by atoms with Crippen LogP contribution in [-0.4, -0.2) is 78.5 Å². The number of hydrogen-bond acceptors (Lipinski definition) is 10. The number of carbonyl (C=O) groups excluding carboxylic acids is 3. The highest BCUT2D eigenvalue weighted by atomic mass is 16.4. The predicted molar refractivity (Wildman–Crippen MR) is 111 cm³/mol. The van der Waals surface area contributed by atoms with E-state index in [0.29, 0.717) is 0 Å². The molecule has 1 amide bonds. The zero-order valence-electron chi connectivity index (χ0n) is 17.9. The number of aliphatic hydroxyl groups is 5. The first-order valence-electron chi connectivity index (χ1n) is 10.5. The third-order valence-corrected chi connectivity index (χ3v) is 7.28. The normalized spacial score (nSPS) is 40.2. The number of phenols is 1. The van der Waals surface area contributed by atoms with Crippen molar-refractivity contribution in [1.29, 1.82) is 0 Å². The van der Waals surface area contributed by atoms with E-state index in [1.165, 1.54) is 25.1 Å². The fraction of sp³-hybridized carbons (Fsp3) is 0.500. The Hall–Kier alpha value is -2.83. The first kappa shape index (κ1) is 23.3. The van der Waals surface area contributed by atoms with Gasteiger partial charge in [-0.05, 0) is 25.1 Å². The molecule has 0 aliphatic heterocycles. The Morgan fingerprint density at radius 2 is 1.79 bits per heavy atom. The number of rotatable bonds is 3. The molecule has 1 aromatic rings. The molecule has 11 nitrogen and oxygen atoms in total. The van der Waals surface area contributed by atoms with Crippen LogP contribution in [0.1, 0.15) is 29.8 Å². The second-order valence-electron chi connectivity index (χ2n) is 9.02. The number of likely N-dealkylation sites (N-methyl/N-ethyl adjacent to an activating group) is 1. The van der Waals surface area contributed by atoms with Crippen molar-refractivity contribution in [2.45, 2.75) is 43.3 Å². The molecule has 178 valence electrons. The number of carbonyl (C=O) groups is 3. The summed E-state index contributed by atoms with van der Waals surface area (Å²) in [7, 11) is 0. The summed E-state index contributed by atoms with van der Waals surface area (Å²) in [5.74, 6) is -10.4. The number of nitrogens with two attached hydrogens (primary N) is 1. The molecule has 0 bridgehead atoms. The maximum absolute atomic E-state index is 13.3. The molecule has 0 spiro atoms. The highest BCUT2D eigenvalue weighted by molar-refractivity contribution is 6.16. The molecule has 11 heteroatoms. The van der Waals surface area contributed by atoms with Gasteiger partial charge in [0.2, 0.25) is 5.91 Å². The Kier molecular flexibility index (Phi) is 5.19. The number of aromatic hydroxyl groups is 1. The first-order chi connectivity index (χ1) is 15.3. The number of amides is 1. The first-order valence-corrected chi connectivity index (χ1v) is 10.5. The SMILES string of the molecule is CCNC1C(O)C(C(N)=O)C(=O)C2(O)C(O)=C3C(=O)c4c(O)cccc4C(C)(O)C3C(O)C12. The summed E-state index contributed by atoms with van der Waals surface area (Å²) >= 11 is 0. The van der Waals surface area contributed by atoms with Crippen molar-refractivity contribution in [1.82, 2.24) is 5.32 Å². The summed E-state index contributed by atoms with van der Waals surface area (Å²) in [5, 5.41) is 69.3. The van der Waals surface area contributed by atoms with E-state index in [4.69, 9.17) is 5.73 Å². The fourth-order valence-corrected chi connectivity index (χ4v) is 5.85. The van der Waals surface area contributed by atoms with Gasteiger partial charge in [0.25, 0.3) is 0 Å². The van der Waals surface area contributed by atoms with Gasteiger partial charge in [-0.2, -0.15) is 0 Å². The number of nitrogens with one attached hydrogen (secondary N) is 1. The van der Waals surface area contributed by atoms with Gasteiger partial charge in [0.15, 0.2) is 17.2 Å². The lowest BCUT2D eigenvalue weighted by atomic mass is 9.52. The van der Waals surface area contributed by atoms with Crippen LogP contribution < -0.4 is 11.1 Å². The number of phenolic OH excluding ortho intramolecular Hbond substituents is 1. The molecule has 1 saturated carbocycles. The molecule has 0 heterocycles. The minimum absolute atomic E-state index is 0.0174. The van der Waals surface area contributed by atoms with Crippen molar-refractivity contribution in [3.05, 3.63) is 40.7 Å². The molecule has 8 atom stereocenters. The van der Waals surface area contributed by atoms with E-state index in [1.807, 2.05) is 0 Å². The molecule has 1 fully saturated rings. The topological polar surface area (TPSA) is 211 Å². The summed E-state index contributed by atoms with van der Waals surface area (Å²) < 4.78 is 0. The predicted octanol–water partition coefficient (Wildman–Crippen LogP) is -2.03. The zero-order chi connectivity index (χ0) is 24.6. The molecule has 3 aliphatic rings. The van der Waals surface area contributed by atoms with Crippen LogP contribution in [0.4, 0.5) is 0 Å². The number of fused-ring (bicyclic) bond motifs is 3. The van der Waals surface area contributed by atoms with Crippen LogP contribution >= 0.6 is 0 Å². The van der Waals surface area contributed by atoms with Crippen LogP contribution in [0.15, 0.2) is 29.5 Å². The fourth-order valence-electron chi connectivity index (χ4n) is 5.85. The number of ketones is 2. The van der Waals surface area contributed by atoms with Gasteiger partial charge in [0, 0.05) is 12.0 Å². The average Bonchev–Trinajstić information content (AvgIpc) is 2.72. The minimum Gasteiger partial charge on any atom is -0.508 e. The van der Waals surface area contributed by atoms with Crippen molar-refractivity contribution in [2.75, 3.05) is 6.54 Å². The summed E-state index contributed by atoms with van der Waals surface area (Å²) in [5.41, 5.74) is -0.739. The van der Waals surface area contributed by atoms with Gasteiger partial charge < -0.3 is 41.7 Å². The summed E-state index contributed by atoms with van der Waals surface area (Å²) in [6, 6.07) is 2.64. The second kappa shape index (κ2) is 7.34. The second-order valence-corrected chi connectivity index (χ2v) is 9.02. The largest absolute Gasteiger partial charge is 0.508 e. The number of aliphatic hydroxyl groups excluding tert-OH is 3. The molecule has 9 N–H and O–H groups in total. The van der Waals surface area contributed by atoms with Crippen LogP contribution in [0.25, 0.3) is 0 Å². The molecule has 8 unspecified atom stereocenters. The lowest BCUT2D eigenvalue weighted by Crippen LogP contribution is -2.75. The molecule has 3 aliphatic carbocycles. The molecule has 4 rings (SSSR count). The Bertz CT molecular complexity index is 1100. The van der Waals surface area contributed by atoms with Gasteiger partial charge in [-0.1, -0.05) is 19.1 Å². The maximum Gasteiger partial charge on any atom is 0.230 e. The van der Waals surface area contributed by atoms with Crippen molar-refractivity contribution in [3.63, 3.8) is 0 Å². The van der Waals surface area contributed by atoms with Gasteiger partial charge >= 0.3 is 0 Å². The monoisotopic (exact) mass is 462 g/mol. The number of primary amides is 1. The molecule has 0 aromatic heterocycles. The van der Waals surface area contributed by atoms with E-state index in [0.717, 1.165) is 0 Å². The average molecular weight is 462 g/mol. The van der Waals surface area contributed by atoms with Crippen molar-refractivity contribution < 1.29 is 45.0 Å². The Morgan fingerprint density at radius 3 is 2.36 bits per heavy atom. The van der Waals surface area contributed by atoms with Gasteiger partial charge in [0.05, 0.1) is 34.9 Å². The van der Waals surface area contributed by atoms with Gasteiger partial charge in [-0.15, -0.1) is 0 Å². The van der Waals surface area contributed by atoms with Gasteiger partial charge in [0.1, 0.15) is 17.4 Å². The Labute approximate surface area is 188 Å². The summed E-state index contributed by atoms with van der Waals surface area (Å²) in [6.07, 6.45) is -3.60. The van der Waals surface area contributed by atoms with Gasteiger partial charge in [-0.3, -0.25) is 14.4 Å². The van der Waals surface area contributed by atoms with E-state index in [1.54, 1.807) is 6.92 Å².